The van der Waals surface area contributed by atoms with E-state index in [0.717, 1.165) is 18.4 Å². The first kappa shape index (κ1) is 17.9. The highest BCUT2D eigenvalue weighted by Gasteiger charge is 2.27. The molecule has 0 radical (unpaired) electrons. The van der Waals surface area contributed by atoms with Crippen molar-refractivity contribution in [1.29, 1.82) is 0 Å². The molecule has 1 aromatic carbocycles. The van der Waals surface area contributed by atoms with Gasteiger partial charge in [-0.2, -0.15) is 0 Å². The van der Waals surface area contributed by atoms with E-state index in [9.17, 15) is 13.2 Å². The number of amides is 1. The molecule has 0 spiro atoms. The second-order valence-corrected chi connectivity index (χ2v) is 8.35. The molecule has 1 amide bonds. The highest BCUT2D eigenvalue weighted by molar-refractivity contribution is 7.89. The second-order valence-electron chi connectivity index (χ2n) is 6.64. The minimum atomic E-state index is -3.40. The summed E-state index contributed by atoms with van der Waals surface area (Å²) >= 11 is 0. The SMILES string of the molecule is CC(C)[C@@H](C)NC(=O)CCc1ccc(S(=O)(=O)NC2CC2)cc1. The van der Waals surface area contributed by atoms with Gasteiger partial charge in [0.05, 0.1) is 4.90 Å². The first-order chi connectivity index (χ1) is 10.8. The number of hydrogen-bond donors (Lipinski definition) is 2. The molecule has 0 aromatic heterocycles. The van der Waals surface area contributed by atoms with E-state index in [0.29, 0.717) is 18.8 Å². The van der Waals surface area contributed by atoms with Crippen LogP contribution in [-0.4, -0.2) is 26.4 Å². The molecule has 0 heterocycles. The lowest BCUT2D eigenvalue weighted by Gasteiger charge is -2.17. The number of carbonyl (C=O) groups excluding carboxylic acids is 1. The van der Waals surface area contributed by atoms with Gasteiger partial charge in [-0.1, -0.05) is 26.0 Å². The predicted octanol–water partition coefficient (Wildman–Crippen LogP) is 2.22. The lowest BCUT2D eigenvalue weighted by atomic mass is 10.1. The number of nitrogens with one attached hydrogen (secondary N) is 2. The van der Waals surface area contributed by atoms with Crippen molar-refractivity contribution in [2.24, 2.45) is 5.92 Å². The van der Waals surface area contributed by atoms with E-state index in [1.54, 1.807) is 24.3 Å². The Balaban J connectivity index is 1.86. The number of hydrogen-bond acceptors (Lipinski definition) is 3. The first-order valence-corrected chi connectivity index (χ1v) is 9.67. The molecule has 5 nitrogen and oxygen atoms in total. The van der Waals surface area contributed by atoms with E-state index < -0.39 is 10.0 Å². The van der Waals surface area contributed by atoms with Crippen LogP contribution in [0.15, 0.2) is 29.2 Å². The second kappa shape index (κ2) is 7.45. The van der Waals surface area contributed by atoms with Gasteiger partial charge in [0.15, 0.2) is 0 Å². The number of sulfonamides is 1. The highest BCUT2D eigenvalue weighted by Crippen LogP contribution is 2.22. The summed E-state index contributed by atoms with van der Waals surface area (Å²) in [4.78, 5) is 12.2. The average molecular weight is 338 g/mol. The summed E-state index contributed by atoms with van der Waals surface area (Å²) in [6, 6.07) is 7.03. The maximum absolute atomic E-state index is 12.1. The quantitative estimate of drug-likeness (QED) is 0.763. The number of benzene rings is 1. The molecule has 128 valence electrons. The van der Waals surface area contributed by atoms with Gasteiger partial charge >= 0.3 is 0 Å². The summed E-state index contributed by atoms with van der Waals surface area (Å²) in [5.41, 5.74) is 0.961. The first-order valence-electron chi connectivity index (χ1n) is 8.18. The molecule has 1 aromatic rings. The minimum Gasteiger partial charge on any atom is -0.353 e. The van der Waals surface area contributed by atoms with Gasteiger partial charge in [0, 0.05) is 18.5 Å². The molecule has 2 N–H and O–H groups in total. The zero-order valence-corrected chi connectivity index (χ0v) is 14.8. The van der Waals surface area contributed by atoms with E-state index in [1.165, 1.54) is 0 Å². The van der Waals surface area contributed by atoms with Crippen molar-refractivity contribution >= 4 is 15.9 Å². The summed E-state index contributed by atoms with van der Waals surface area (Å²) in [7, 11) is -3.40. The van der Waals surface area contributed by atoms with Crippen LogP contribution in [0.1, 0.15) is 45.6 Å². The maximum Gasteiger partial charge on any atom is 0.240 e. The van der Waals surface area contributed by atoms with Crippen molar-refractivity contribution < 1.29 is 13.2 Å². The molecule has 1 atom stereocenters. The van der Waals surface area contributed by atoms with E-state index >= 15 is 0 Å². The van der Waals surface area contributed by atoms with Gasteiger partial charge in [0.25, 0.3) is 0 Å². The van der Waals surface area contributed by atoms with Crippen LogP contribution in [-0.2, 0) is 21.2 Å². The molecule has 6 heteroatoms. The van der Waals surface area contributed by atoms with Crippen LogP contribution in [0, 0.1) is 5.92 Å². The fourth-order valence-electron chi connectivity index (χ4n) is 2.07. The Morgan fingerprint density at radius 2 is 1.78 bits per heavy atom. The molecule has 0 bridgehead atoms. The Morgan fingerprint density at radius 3 is 2.30 bits per heavy atom. The molecule has 2 rings (SSSR count). The molecule has 0 aliphatic heterocycles. The Hall–Kier alpha value is -1.40. The van der Waals surface area contributed by atoms with Crippen LogP contribution >= 0.6 is 0 Å². The fraction of sp³-hybridized carbons (Fsp3) is 0.588. The number of rotatable bonds is 8. The van der Waals surface area contributed by atoms with Crippen LogP contribution in [0.5, 0.6) is 0 Å². The molecule has 0 unspecified atom stereocenters. The third kappa shape index (κ3) is 5.62. The number of aryl methyl sites for hydroxylation is 1. The summed E-state index contributed by atoms with van der Waals surface area (Å²) < 4.78 is 26.8. The minimum absolute atomic E-state index is 0.0262. The molecule has 23 heavy (non-hydrogen) atoms. The average Bonchev–Trinajstić information content (AvgIpc) is 3.28. The third-order valence-electron chi connectivity index (χ3n) is 4.16. The monoisotopic (exact) mass is 338 g/mol. The van der Waals surface area contributed by atoms with Crippen molar-refractivity contribution in [3.8, 4) is 0 Å². The van der Waals surface area contributed by atoms with Gasteiger partial charge in [-0.05, 0) is 49.8 Å². The van der Waals surface area contributed by atoms with Gasteiger partial charge in [-0.3, -0.25) is 4.79 Å². The summed E-state index contributed by atoms with van der Waals surface area (Å²) in [6.07, 6.45) is 2.85. The fourth-order valence-corrected chi connectivity index (χ4v) is 3.38. The third-order valence-corrected chi connectivity index (χ3v) is 5.70. The lowest BCUT2D eigenvalue weighted by Crippen LogP contribution is -2.36. The van der Waals surface area contributed by atoms with Crippen molar-refractivity contribution in [2.75, 3.05) is 0 Å². The normalized spacial score (nSPS) is 16.3. The molecule has 0 saturated heterocycles. The van der Waals surface area contributed by atoms with E-state index in [2.05, 4.69) is 23.9 Å². The van der Waals surface area contributed by atoms with Crippen LogP contribution < -0.4 is 10.0 Å². The van der Waals surface area contributed by atoms with Crippen molar-refractivity contribution in [3.63, 3.8) is 0 Å². The van der Waals surface area contributed by atoms with Crippen molar-refractivity contribution in [2.45, 2.75) is 63.4 Å². The topological polar surface area (TPSA) is 75.3 Å². The summed E-state index contributed by atoms with van der Waals surface area (Å²) in [6.45, 7) is 6.13. The molecule has 1 aliphatic carbocycles. The molecule has 1 saturated carbocycles. The van der Waals surface area contributed by atoms with Gasteiger partial charge in [-0.25, -0.2) is 13.1 Å². The van der Waals surface area contributed by atoms with Crippen LogP contribution in [0.4, 0.5) is 0 Å². The smallest absolute Gasteiger partial charge is 0.240 e. The maximum atomic E-state index is 12.1. The van der Waals surface area contributed by atoms with E-state index in [1.807, 2.05) is 6.92 Å². The van der Waals surface area contributed by atoms with Gasteiger partial charge < -0.3 is 5.32 Å². The van der Waals surface area contributed by atoms with Crippen LogP contribution in [0.25, 0.3) is 0 Å². The largest absolute Gasteiger partial charge is 0.353 e. The van der Waals surface area contributed by atoms with E-state index in [-0.39, 0.29) is 22.9 Å². The molecule has 1 aliphatic rings. The Kier molecular flexibility index (Phi) is 5.81. The summed E-state index contributed by atoms with van der Waals surface area (Å²) in [5.74, 6) is 0.431. The van der Waals surface area contributed by atoms with Gasteiger partial charge in [0.1, 0.15) is 0 Å². The Morgan fingerprint density at radius 1 is 1.17 bits per heavy atom. The standard InChI is InChI=1S/C17H26N2O3S/c1-12(2)13(3)18-17(20)11-6-14-4-9-16(10-5-14)23(21,22)19-15-7-8-15/h4-5,9-10,12-13,15,19H,6-8,11H2,1-3H3,(H,18,20)/t13-/m1/s1. The van der Waals surface area contributed by atoms with Gasteiger partial charge in [-0.15, -0.1) is 0 Å². The highest BCUT2D eigenvalue weighted by atomic mass is 32.2. The van der Waals surface area contributed by atoms with E-state index in [4.69, 9.17) is 0 Å². The van der Waals surface area contributed by atoms with Crippen LogP contribution in [0.3, 0.4) is 0 Å². The van der Waals surface area contributed by atoms with Crippen LogP contribution in [0.2, 0.25) is 0 Å². The molecular weight excluding hydrogens is 312 g/mol. The zero-order chi connectivity index (χ0) is 17.0. The summed E-state index contributed by atoms with van der Waals surface area (Å²) in [5, 5.41) is 2.97. The Bertz CT molecular complexity index is 634. The zero-order valence-electron chi connectivity index (χ0n) is 14.0. The lowest BCUT2D eigenvalue weighted by molar-refractivity contribution is -0.121. The van der Waals surface area contributed by atoms with Crippen molar-refractivity contribution in [1.82, 2.24) is 10.0 Å². The predicted molar refractivity (Wildman–Crippen MR) is 90.5 cm³/mol. The van der Waals surface area contributed by atoms with Crippen molar-refractivity contribution in [3.05, 3.63) is 29.8 Å². The molecular formula is C17H26N2O3S. The molecule has 1 fully saturated rings. The Labute approximate surface area is 138 Å². The number of carbonyl (C=O) groups is 1. The van der Waals surface area contributed by atoms with Gasteiger partial charge in [0.2, 0.25) is 15.9 Å².